The number of nitrogen functional groups attached to an aromatic ring is 1. The number of amides is 1. The number of nitrogens with zero attached hydrogens (tertiary/aromatic N) is 1. The van der Waals surface area contributed by atoms with Crippen LogP contribution in [0.15, 0.2) is 36.5 Å². The van der Waals surface area contributed by atoms with Crippen molar-refractivity contribution in [1.29, 1.82) is 0 Å². The molecule has 0 aliphatic heterocycles. The van der Waals surface area contributed by atoms with Gasteiger partial charge in [-0.2, -0.15) is 0 Å². The van der Waals surface area contributed by atoms with Crippen molar-refractivity contribution in [1.82, 2.24) is 4.98 Å². The van der Waals surface area contributed by atoms with Gasteiger partial charge in [-0.3, -0.25) is 4.79 Å². The summed E-state index contributed by atoms with van der Waals surface area (Å²) in [5, 5.41) is 11.8. The minimum absolute atomic E-state index is 0.142. The zero-order valence-electron chi connectivity index (χ0n) is 11.3. The third-order valence-electron chi connectivity index (χ3n) is 2.95. The summed E-state index contributed by atoms with van der Waals surface area (Å²) in [6, 6.07) is 8.89. The number of aromatic nitrogens is 1. The Balaban J connectivity index is 2.14. The topological polar surface area (TPSA) is 88.2 Å². The van der Waals surface area contributed by atoms with E-state index in [2.05, 4.69) is 10.3 Å². The van der Waals surface area contributed by atoms with Crippen molar-refractivity contribution < 1.29 is 9.90 Å². The molecule has 0 aliphatic rings. The van der Waals surface area contributed by atoms with Gasteiger partial charge in [-0.15, -0.1) is 0 Å². The molecule has 4 N–H and O–H groups in total. The molecule has 21 heavy (non-hydrogen) atoms. The predicted octanol–water partition coefficient (Wildman–Crippen LogP) is 2.49. The number of aryl methyl sites for hydroxylation is 1. The first-order valence-electron chi connectivity index (χ1n) is 6.52. The van der Waals surface area contributed by atoms with Crippen molar-refractivity contribution in [3.8, 4) is 0 Å². The van der Waals surface area contributed by atoms with E-state index < -0.39 is 0 Å². The van der Waals surface area contributed by atoms with Crippen LogP contribution in [-0.2, 0) is 6.42 Å². The summed E-state index contributed by atoms with van der Waals surface area (Å²) in [7, 11) is 0. The maximum atomic E-state index is 12.2. The lowest BCUT2D eigenvalue weighted by Gasteiger charge is -2.09. The van der Waals surface area contributed by atoms with Crippen LogP contribution in [0.3, 0.4) is 0 Å². The number of rotatable bonds is 5. The molecule has 0 atom stereocenters. The van der Waals surface area contributed by atoms with Gasteiger partial charge < -0.3 is 16.2 Å². The Kier molecular flexibility index (Phi) is 5.14. The van der Waals surface area contributed by atoms with Crippen LogP contribution in [0.1, 0.15) is 22.3 Å². The number of benzene rings is 1. The van der Waals surface area contributed by atoms with Crippen molar-refractivity contribution in [2.75, 3.05) is 17.7 Å². The van der Waals surface area contributed by atoms with E-state index in [1.807, 2.05) is 18.2 Å². The van der Waals surface area contributed by atoms with Gasteiger partial charge in [0.25, 0.3) is 5.91 Å². The summed E-state index contributed by atoms with van der Waals surface area (Å²) in [4.78, 5) is 16.0. The van der Waals surface area contributed by atoms with Crippen LogP contribution in [0.2, 0.25) is 5.15 Å². The summed E-state index contributed by atoms with van der Waals surface area (Å²) in [5.41, 5.74) is 8.00. The Hall–Kier alpha value is -2.11. The van der Waals surface area contributed by atoms with Gasteiger partial charge in [0, 0.05) is 12.3 Å². The van der Waals surface area contributed by atoms with Crippen molar-refractivity contribution >= 4 is 28.9 Å². The first kappa shape index (κ1) is 15.3. The van der Waals surface area contributed by atoms with E-state index in [1.54, 1.807) is 6.07 Å². The molecule has 0 saturated heterocycles. The highest BCUT2D eigenvalue weighted by Gasteiger charge is 2.11. The summed E-state index contributed by atoms with van der Waals surface area (Å²) >= 11 is 5.78. The van der Waals surface area contributed by atoms with Crippen molar-refractivity contribution in [2.45, 2.75) is 12.8 Å². The number of hydrogen-bond acceptors (Lipinski definition) is 4. The second-order valence-electron chi connectivity index (χ2n) is 4.58. The lowest BCUT2D eigenvalue weighted by atomic mass is 10.1. The number of anilines is 2. The monoisotopic (exact) mass is 305 g/mol. The van der Waals surface area contributed by atoms with Gasteiger partial charge in [-0.05, 0) is 36.6 Å². The Morgan fingerprint density at radius 3 is 2.95 bits per heavy atom. The number of nitrogens with one attached hydrogen (secondary N) is 1. The van der Waals surface area contributed by atoms with Gasteiger partial charge in [0.15, 0.2) is 0 Å². The highest BCUT2D eigenvalue weighted by molar-refractivity contribution is 6.30. The molecule has 0 spiro atoms. The Morgan fingerprint density at radius 1 is 1.38 bits per heavy atom. The smallest absolute Gasteiger partial charge is 0.257 e. The zero-order valence-corrected chi connectivity index (χ0v) is 12.1. The molecule has 0 unspecified atom stereocenters. The lowest BCUT2D eigenvalue weighted by molar-refractivity contribution is 0.102. The van der Waals surface area contributed by atoms with Gasteiger partial charge in [-0.1, -0.05) is 23.7 Å². The molecule has 0 saturated carbocycles. The summed E-state index contributed by atoms with van der Waals surface area (Å²) in [6.45, 7) is 0.142. The van der Waals surface area contributed by atoms with E-state index in [0.29, 0.717) is 12.1 Å². The second-order valence-corrected chi connectivity index (χ2v) is 4.96. The van der Waals surface area contributed by atoms with Gasteiger partial charge in [0.05, 0.1) is 17.4 Å². The molecule has 5 nitrogen and oxygen atoms in total. The van der Waals surface area contributed by atoms with Crippen LogP contribution in [0.4, 0.5) is 11.4 Å². The standard InChI is InChI=1S/C15H16ClN3O2/c16-14-8-12(13(17)9-18-14)15(21)19-11-5-1-3-10(7-11)4-2-6-20/h1,3,5,7-9,20H,2,4,6,17H2,(H,19,21). The van der Waals surface area contributed by atoms with Crippen LogP contribution >= 0.6 is 11.6 Å². The molecule has 2 aromatic rings. The number of aliphatic hydroxyl groups excluding tert-OH is 1. The normalized spacial score (nSPS) is 10.4. The zero-order chi connectivity index (χ0) is 15.2. The number of aliphatic hydroxyl groups is 1. The van der Waals surface area contributed by atoms with Crippen LogP contribution in [0.5, 0.6) is 0 Å². The van der Waals surface area contributed by atoms with Crippen LogP contribution < -0.4 is 11.1 Å². The number of carbonyl (C=O) groups excluding carboxylic acids is 1. The maximum absolute atomic E-state index is 12.2. The van der Waals surface area contributed by atoms with E-state index in [4.69, 9.17) is 22.4 Å². The predicted molar refractivity (Wildman–Crippen MR) is 83.5 cm³/mol. The van der Waals surface area contributed by atoms with Gasteiger partial charge in [-0.25, -0.2) is 4.98 Å². The number of halogens is 1. The van der Waals surface area contributed by atoms with Gasteiger partial charge >= 0.3 is 0 Å². The largest absolute Gasteiger partial charge is 0.397 e. The molecular weight excluding hydrogens is 290 g/mol. The fourth-order valence-corrected chi connectivity index (χ4v) is 2.08. The maximum Gasteiger partial charge on any atom is 0.257 e. The van der Waals surface area contributed by atoms with Crippen molar-refractivity contribution in [2.24, 2.45) is 0 Å². The minimum atomic E-state index is -0.337. The highest BCUT2D eigenvalue weighted by Crippen LogP contribution is 2.18. The van der Waals surface area contributed by atoms with E-state index in [0.717, 1.165) is 12.0 Å². The molecule has 0 bridgehead atoms. The Bertz CT molecular complexity index is 647. The van der Waals surface area contributed by atoms with E-state index in [-0.39, 0.29) is 28.9 Å². The summed E-state index contributed by atoms with van der Waals surface area (Å²) in [6.07, 6.45) is 2.79. The average molecular weight is 306 g/mol. The first-order valence-corrected chi connectivity index (χ1v) is 6.90. The molecule has 1 heterocycles. The lowest BCUT2D eigenvalue weighted by Crippen LogP contribution is -2.14. The Morgan fingerprint density at radius 2 is 2.19 bits per heavy atom. The van der Waals surface area contributed by atoms with Gasteiger partial charge in [0.2, 0.25) is 0 Å². The number of pyridine rings is 1. The van der Waals surface area contributed by atoms with Crippen molar-refractivity contribution in [3.63, 3.8) is 0 Å². The fraction of sp³-hybridized carbons (Fsp3) is 0.200. The molecule has 2 rings (SSSR count). The summed E-state index contributed by atoms with van der Waals surface area (Å²) in [5.74, 6) is -0.337. The quantitative estimate of drug-likeness (QED) is 0.741. The van der Waals surface area contributed by atoms with E-state index in [9.17, 15) is 4.79 Å². The van der Waals surface area contributed by atoms with Crippen LogP contribution in [0.25, 0.3) is 0 Å². The van der Waals surface area contributed by atoms with Gasteiger partial charge in [0.1, 0.15) is 5.15 Å². The molecular formula is C15H16ClN3O2. The second kappa shape index (κ2) is 7.06. The SMILES string of the molecule is Nc1cnc(Cl)cc1C(=O)Nc1cccc(CCCO)c1. The molecule has 1 amide bonds. The third kappa shape index (κ3) is 4.18. The molecule has 110 valence electrons. The molecule has 0 aliphatic carbocycles. The first-order chi connectivity index (χ1) is 10.1. The van der Waals surface area contributed by atoms with E-state index in [1.165, 1.54) is 12.3 Å². The minimum Gasteiger partial charge on any atom is -0.397 e. The van der Waals surface area contributed by atoms with Crippen LogP contribution in [0, 0.1) is 0 Å². The molecule has 0 radical (unpaired) electrons. The molecule has 1 aromatic carbocycles. The van der Waals surface area contributed by atoms with Crippen LogP contribution in [-0.4, -0.2) is 22.6 Å². The molecule has 6 heteroatoms. The van der Waals surface area contributed by atoms with Crippen molar-refractivity contribution in [3.05, 3.63) is 52.8 Å². The fourth-order valence-electron chi connectivity index (χ4n) is 1.92. The number of nitrogens with two attached hydrogens (primary N) is 1. The molecule has 1 aromatic heterocycles. The molecule has 0 fully saturated rings. The highest BCUT2D eigenvalue weighted by atomic mass is 35.5. The Labute approximate surface area is 127 Å². The third-order valence-corrected chi connectivity index (χ3v) is 3.16. The average Bonchev–Trinajstić information content (AvgIpc) is 2.48. The number of carbonyl (C=O) groups is 1. The number of hydrogen-bond donors (Lipinski definition) is 3. The van der Waals surface area contributed by atoms with E-state index >= 15 is 0 Å². The summed E-state index contributed by atoms with van der Waals surface area (Å²) < 4.78 is 0.